The molecule has 0 saturated heterocycles. The van der Waals surface area contributed by atoms with Crippen LogP contribution >= 0.6 is 23.2 Å². The van der Waals surface area contributed by atoms with Gasteiger partial charge in [-0.05, 0) is 29.8 Å². The smallest absolute Gasteiger partial charge is 0.287 e. The van der Waals surface area contributed by atoms with E-state index in [-0.39, 0.29) is 10.6 Å². The zero-order chi connectivity index (χ0) is 17.5. The fourth-order valence-corrected chi connectivity index (χ4v) is 2.25. The Balaban J connectivity index is 0.000000231. The second-order valence-electron chi connectivity index (χ2n) is 4.22. The van der Waals surface area contributed by atoms with E-state index in [1.54, 1.807) is 30.3 Å². The Morgan fingerprint density at radius 3 is 2.17 bits per heavy atom. The number of benzene rings is 2. The topological polar surface area (TPSA) is 97.5 Å². The van der Waals surface area contributed by atoms with Crippen molar-refractivity contribution < 1.29 is 17.8 Å². The molecule has 0 fully saturated rings. The summed E-state index contributed by atoms with van der Waals surface area (Å²) < 4.78 is 28.9. The minimum Gasteiger partial charge on any atom is -0.366 e. The van der Waals surface area contributed by atoms with Gasteiger partial charge in [-0.3, -0.25) is 9.35 Å². The van der Waals surface area contributed by atoms with Crippen LogP contribution in [0.2, 0.25) is 10.0 Å². The van der Waals surface area contributed by atoms with Crippen molar-refractivity contribution in [1.82, 2.24) is 0 Å². The first-order chi connectivity index (χ1) is 10.7. The van der Waals surface area contributed by atoms with Crippen molar-refractivity contribution in [3.05, 3.63) is 75.1 Å². The van der Waals surface area contributed by atoms with Gasteiger partial charge < -0.3 is 5.73 Å². The van der Waals surface area contributed by atoms with Crippen LogP contribution in [0, 0.1) is 0 Å². The first-order valence-corrected chi connectivity index (χ1v) is 8.40. The van der Waals surface area contributed by atoms with Gasteiger partial charge in [0, 0.05) is 5.02 Å². The summed E-state index contributed by atoms with van der Waals surface area (Å²) in [6.07, 6.45) is 1.33. The number of carbonyl (C=O) groups excluding carboxylic acids is 1. The highest BCUT2D eigenvalue weighted by atomic mass is 35.5. The van der Waals surface area contributed by atoms with E-state index < -0.39 is 16.0 Å². The lowest BCUT2D eigenvalue weighted by Gasteiger charge is -1.97. The highest BCUT2D eigenvalue weighted by molar-refractivity contribution is 7.88. The third-order valence-corrected chi connectivity index (χ3v) is 3.46. The Hall–Kier alpha value is -1.86. The Labute approximate surface area is 144 Å². The van der Waals surface area contributed by atoms with Crippen LogP contribution < -0.4 is 5.73 Å². The van der Waals surface area contributed by atoms with Gasteiger partial charge >= 0.3 is 0 Å². The third kappa shape index (κ3) is 7.80. The molecule has 8 heteroatoms. The van der Waals surface area contributed by atoms with E-state index in [1.165, 1.54) is 18.2 Å². The molecule has 0 saturated carbocycles. The molecular formula is C15H13Cl2NO4S. The fraction of sp³-hybridized carbons (Fsp3) is 0. The summed E-state index contributed by atoms with van der Waals surface area (Å²) in [6, 6.07) is 13.4. The third-order valence-electron chi connectivity index (χ3n) is 2.43. The van der Waals surface area contributed by atoms with Gasteiger partial charge in [0.25, 0.3) is 10.1 Å². The summed E-state index contributed by atoms with van der Waals surface area (Å²) in [7, 11) is -4.00. The normalized spacial score (nSPS) is 10.9. The number of hydrogen-bond donors (Lipinski definition) is 2. The molecule has 0 atom stereocenters. The predicted molar refractivity (Wildman–Crippen MR) is 92.0 cm³/mol. The van der Waals surface area contributed by atoms with Crippen molar-refractivity contribution >= 4 is 45.3 Å². The Morgan fingerprint density at radius 2 is 1.70 bits per heavy atom. The molecule has 0 aliphatic rings. The van der Waals surface area contributed by atoms with Gasteiger partial charge in [0.15, 0.2) is 0 Å². The van der Waals surface area contributed by atoms with Crippen LogP contribution in [0.15, 0.2) is 53.9 Å². The molecule has 2 rings (SSSR count). The zero-order valence-electron chi connectivity index (χ0n) is 11.7. The summed E-state index contributed by atoms with van der Waals surface area (Å²) >= 11 is 11.2. The van der Waals surface area contributed by atoms with Gasteiger partial charge in [0.1, 0.15) is 0 Å². The SMILES string of the molecule is NC(=O)c1ccc(Cl)cc1Cl.O=S(=O)(O)/C=C/c1ccccc1. The lowest BCUT2D eigenvalue weighted by molar-refractivity contribution is 0.100. The number of halogens is 2. The van der Waals surface area contributed by atoms with Crippen molar-refractivity contribution in [2.24, 2.45) is 5.73 Å². The molecule has 0 unspecified atom stereocenters. The van der Waals surface area contributed by atoms with E-state index in [4.69, 9.17) is 33.5 Å². The Bertz CT molecular complexity index is 805. The number of rotatable bonds is 3. The summed E-state index contributed by atoms with van der Waals surface area (Å²) in [5.74, 6) is -0.549. The molecule has 23 heavy (non-hydrogen) atoms. The first kappa shape index (κ1) is 19.2. The standard InChI is InChI=1S/C8H8O3S.C7H5Cl2NO/c9-12(10,11)7-6-8-4-2-1-3-5-8;8-4-1-2-5(7(10)11)6(9)3-4/h1-7H,(H,9,10,11);1-3H,(H2,10,11)/b7-6+;. The summed E-state index contributed by atoms with van der Waals surface area (Å²) in [6.45, 7) is 0. The number of hydrogen-bond acceptors (Lipinski definition) is 3. The maximum absolute atomic E-state index is 10.6. The summed E-state index contributed by atoms with van der Waals surface area (Å²) in [5.41, 5.74) is 6.02. The van der Waals surface area contributed by atoms with Crippen LogP contribution in [0.5, 0.6) is 0 Å². The molecule has 1 amide bonds. The Kier molecular flexibility index (Phi) is 7.25. The van der Waals surface area contributed by atoms with Crippen LogP contribution in [0.4, 0.5) is 0 Å². The molecular weight excluding hydrogens is 361 g/mol. The van der Waals surface area contributed by atoms with Crippen LogP contribution in [0.3, 0.4) is 0 Å². The van der Waals surface area contributed by atoms with E-state index in [2.05, 4.69) is 0 Å². The van der Waals surface area contributed by atoms with Crippen molar-refractivity contribution in [3.63, 3.8) is 0 Å². The predicted octanol–water partition coefficient (Wildman–Crippen LogP) is 3.64. The number of nitrogens with two attached hydrogens (primary N) is 1. The quantitative estimate of drug-likeness (QED) is 0.802. The van der Waals surface area contributed by atoms with Crippen molar-refractivity contribution in [2.45, 2.75) is 0 Å². The average Bonchev–Trinajstić information content (AvgIpc) is 2.46. The highest BCUT2D eigenvalue weighted by Crippen LogP contribution is 2.20. The number of carbonyl (C=O) groups is 1. The molecule has 0 aliphatic carbocycles. The molecule has 0 aromatic heterocycles. The lowest BCUT2D eigenvalue weighted by Crippen LogP contribution is -2.11. The molecule has 0 spiro atoms. The van der Waals surface area contributed by atoms with E-state index in [1.807, 2.05) is 6.07 Å². The Morgan fingerprint density at radius 1 is 1.09 bits per heavy atom. The van der Waals surface area contributed by atoms with Crippen LogP contribution in [0.25, 0.3) is 6.08 Å². The molecule has 2 aromatic rings. The summed E-state index contributed by atoms with van der Waals surface area (Å²) in [5, 5.41) is 1.52. The van der Waals surface area contributed by atoms with Crippen LogP contribution in [-0.2, 0) is 10.1 Å². The molecule has 5 nitrogen and oxygen atoms in total. The minimum absolute atomic E-state index is 0.282. The van der Waals surface area contributed by atoms with Gasteiger partial charge in [-0.25, -0.2) is 0 Å². The molecule has 0 radical (unpaired) electrons. The molecule has 3 N–H and O–H groups in total. The monoisotopic (exact) mass is 373 g/mol. The van der Waals surface area contributed by atoms with Crippen LogP contribution in [-0.4, -0.2) is 18.9 Å². The molecule has 2 aromatic carbocycles. The molecule has 0 heterocycles. The molecule has 0 aliphatic heterocycles. The van der Waals surface area contributed by atoms with Crippen molar-refractivity contribution in [3.8, 4) is 0 Å². The average molecular weight is 374 g/mol. The van der Waals surface area contributed by atoms with Gasteiger partial charge in [-0.1, -0.05) is 53.5 Å². The lowest BCUT2D eigenvalue weighted by atomic mass is 10.2. The van der Waals surface area contributed by atoms with E-state index in [0.717, 1.165) is 11.0 Å². The maximum atomic E-state index is 10.6. The molecule has 122 valence electrons. The second kappa shape index (κ2) is 8.69. The highest BCUT2D eigenvalue weighted by Gasteiger charge is 2.05. The van der Waals surface area contributed by atoms with E-state index in [0.29, 0.717) is 5.02 Å². The van der Waals surface area contributed by atoms with Gasteiger partial charge in [-0.2, -0.15) is 8.42 Å². The fourth-order valence-electron chi connectivity index (χ4n) is 1.42. The van der Waals surface area contributed by atoms with E-state index in [9.17, 15) is 13.2 Å². The van der Waals surface area contributed by atoms with Gasteiger partial charge in [-0.15, -0.1) is 0 Å². The van der Waals surface area contributed by atoms with E-state index >= 15 is 0 Å². The summed E-state index contributed by atoms with van der Waals surface area (Å²) in [4.78, 5) is 10.6. The molecule has 0 bridgehead atoms. The number of primary amides is 1. The zero-order valence-corrected chi connectivity index (χ0v) is 14.0. The van der Waals surface area contributed by atoms with Gasteiger partial charge in [0.05, 0.1) is 16.0 Å². The number of amides is 1. The van der Waals surface area contributed by atoms with Crippen molar-refractivity contribution in [1.29, 1.82) is 0 Å². The first-order valence-electron chi connectivity index (χ1n) is 6.14. The largest absolute Gasteiger partial charge is 0.366 e. The van der Waals surface area contributed by atoms with Crippen molar-refractivity contribution in [2.75, 3.05) is 0 Å². The maximum Gasteiger partial charge on any atom is 0.287 e. The second-order valence-corrected chi connectivity index (χ2v) is 6.36. The minimum atomic E-state index is -4.00. The van der Waals surface area contributed by atoms with Gasteiger partial charge in [0.2, 0.25) is 5.91 Å². The van der Waals surface area contributed by atoms with Crippen LogP contribution in [0.1, 0.15) is 15.9 Å².